The molecule has 174 valence electrons. The zero-order valence-electron chi connectivity index (χ0n) is 19.2. The van der Waals surface area contributed by atoms with E-state index in [9.17, 15) is 4.79 Å². The first-order valence-corrected chi connectivity index (χ1v) is 11.6. The van der Waals surface area contributed by atoms with Crippen LogP contribution in [0.25, 0.3) is 10.8 Å². The summed E-state index contributed by atoms with van der Waals surface area (Å²) in [5.74, 6) is 1.21. The third-order valence-corrected chi connectivity index (χ3v) is 6.41. The smallest absolute Gasteiger partial charge is 0.239 e. The molecule has 2 aromatic rings. The van der Waals surface area contributed by atoms with Crippen LogP contribution in [0.15, 0.2) is 41.5 Å². The summed E-state index contributed by atoms with van der Waals surface area (Å²) in [6.07, 6.45) is 4.14. The maximum atomic E-state index is 12.8. The number of nitrogens with zero attached hydrogens (tertiary/aromatic N) is 5. The molecule has 1 unspecified atom stereocenters. The Morgan fingerprint density at radius 1 is 1.06 bits per heavy atom. The molecule has 0 bridgehead atoms. The number of nitrogens with one attached hydrogen (secondary N) is 1. The minimum absolute atomic E-state index is 0. The highest BCUT2D eigenvalue weighted by molar-refractivity contribution is 14.0. The zero-order valence-corrected chi connectivity index (χ0v) is 21.5. The molecule has 1 amide bonds. The highest BCUT2D eigenvalue weighted by Crippen LogP contribution is 2.18. The van der Waals surface area contributed by atoms with Gasteiger partial charge in [0, 0.05) is 57.4 Å². The zero-order chi connectivity index (χ0) is 21.6. The van der Waals surface area contributed by atoms with Crippen LogP contribution in [0.4, 0.5) is 0 Å². The fourth-order valence-corrected chi connectivity index (χ4v) is 4.56. The summed E-state index contributed by atoms with van der Waals surface area (Å²) in [6.45, 7) is 10.8. The van der Waals surface area contributed by atoms with Gasteiger partial charge >= 0.3 is 0 Å². The number of carbonyl (C=O) groups excluding carboxylic acids is 1. The second kappa shape index (κ2) is 11.8. The lowest BCUT2D eigenvalue weighted by Gasteiger charge is -2.39. The van der Waals surface area contributed by atoms with E-state index in [4.69, 9.17) is 4.99 Å². The Kier molecular flexibility index (Phi) is 9.10. The number of amides is 1. The summed E-state index contributed by atoms with van der Waals surface area (Å²) in [7, 11) is 0. The third kappa shape index (κ3) is 5.70. The van der Waals surface area contributed by atoms with Gasteiger partial charge < -0.3 is 15.1 Å². The van der Waals surface area contributed by atoms with Gasteiger partial charge in [0.2, 0.25) is 5.91 Å². The summed E-state index contributed by atoms with van der Waals surface area (Å²) in [5, 5.41) is 5.79. The SMILES string of the molecule is CCNC(=NCc1nccc2ccccc12)N1CCN(C(C)C(=O)N2CCCC2)CC1.I. The van der Waals surface area contributed by atoms with Gasteiger partial charge in [0.1, 0.15) is 0 Å². The molecule has 7 nitrogen and oxygen atoms in total. The van der Waals surface area contributed by atoms with Crippen molar-refractivity contribution in [1.29, 1.82) is 0 Å². The van der Waals surface area contributed by atoms with Crippen LogP contribution < -0.4 is 5.32 Å². The molecule has 4 rings (SSSR count). The number of carbonyl (C=O) groups is 1. The molecule has 0 radical (unpaired) electrons. The van der Waals surface area contributed by atoms with Crippen molar-refractivity contribution in [2.24, 2.45) is 4.99 Å². The number of hydrogen-bond acceptors (Lipinski definition) is 4. The Hall–Kier alpha value is -1.94. The van der Waals surface area contributed by atoms with E-state index in [2.05, 4.69) is 46.1 Å². The predicted octanol–water partition coefficient (Wildman–Crippen LogP) is 2.95. The van der Waals surface area contributed by atoms with E-state index in [-0.39, 0.29) is 35.9 Å². The van der Waals surface area contributed by atoms with Crippen molar-refractivity contribution in [3.63, 3.8) is 0 Å². The highest BCUT2D eigenvalue weighted by Gasteiger charge is 2.30. The largest absolute Gasteiger partial charge is 0.357 e. The summed E-state index contributed by atoms with van der Waals surface area (Å²) in [5.41, 5.74) is 0.997. The Balaban J connectivity index is 0.00000289. The van der Waals surface area contributed by atoms with Gasteiger partial charge in [-0.1, -0.05) is 24.3 Å². The Morgan fingerprint density at radius 3 is 2.50 bits per heavy atom. The number of aromatic nitrogens is 1. The Labute approximate surface area is 208 Å². The predicted molar refractivity (Wildman–Crippen MR) is 140 cm³/mol. The van der Waals surface area contributed by atoms with Gasteiger partial charge in [-0.25, -0.2) is 4.99 Å². The number of aliphatic imine (C=N–C) groups is 1. The van der Waals surface area contributed by atoms with Crippen LogP contribution in [-0.2, 0) is 11.3 Å². The summed E-state index contributed by atoms with van der Waals surface area (Å²) in [4.78, 5) is 28.9. The molecule has 0 aliphatic carbocycles. The molecule has 2 aliphatic rings. The number of rotatable bonds is 5. The van der Waals surface area contributed by atoms with E-state index in [0.29, 0.717) is 6.54 Å². The van der Waals surface area contributed by atoms with Crippen LogP contribution >= 0.6 is 24.0 Å². The standard InChI is InChI=1S/C24H34N6O.HI/c1-3-25-24(27-18-22-21-9-5-4-8-20(21)10-11-26-22)30-16-14-28(15-17-30)19(2)23(31)29-12-6-7-13-29;/h4-5,8-11,19H,3,6-7,12-18H2,1-2H3,(H,25,27);1H. The van der Waals surface area contributed by atoms with Crippen LogP contribution in [0, 0.1) is 0 Å². The third-order valence-electron chi connectivity index (χ3n) is 6.41. The van der Waals surface area contributed by atoms with Crippen molar-refractivity contribution in [3.8, 4) is 0 Å². The molecule has 1 aromatic heterocycles. The number of guanidine groups is 1. The second-order valence-electron chi connectivity index (χ2n) is 8.38. The minimum Gasteiger partial charge on any atom is -0.357 e. The Bertz CT molecular complexity index is 916. The van der Waals surface area contributed by atoms with Gasteiger partial charge in [-0.15, -0.1) is 24.0 Å². The average Bonchev–Trinajstić information content (AvgIpc) is 3.36. The molecule has 2 aliphatic heterocycles. The number of hydrogen-bond donors (Lipinski definition) is 1. The van der Waals surface area contributed by atoms with Crippen molar-refractivity contribution in [2.75, 3.05) is 45.8 Å². The van der Waals surface area contributed by atoms with Crippen molar-refractivity contribution < 1.29 is 4.79 Å². The van der Waals surface area contributed by atoms with Crippen LogP contribution in [0.2, 0.25) is 0 Å². The molecule has 2 fully saturated rings. The maximum absolute atomic E-state index is 12.8. The van der Waals surface area contributed by atoms with E-state index >= 15 is 0 Å². The van der Waals surface area contributed by atoms with Crippen LogP contribution in [-0.4, -0.2) is 83.4 Å². The molecule has 32 heavy (non-hydrogen) atoms. The molecule has 3 heterocycles. The van der Waals surface area contributed by atoms with Gasteiger partial charge in [0.15, 0.2) is 5.96 Å². The van der Waals surface area contributed by atoms with E-state index < -0.39 is 0 Å². The normalized spacial score (nSPS) is 18.5. The molecule has 0 spiro atoms. The van der Waals surface area contributed by atoms with Crippen molar-refractivity contribution in [3.05, 3.63) is 42.2 Å². The van der Waals surface area contributed by atoms with Crippen molar-refractivity contribution in [1.82, 2.24) is 25.0 Å². The molecule has 1 aromatic carbocycles. The van der Waals surface area contributed by atoms with Crippen LogP contribution in [0.5, 0.6) is 0 Å². The molecular formula is C24H35IN6O. The lowest BCUT2D eigenvalue weighted by atomic mass is 10.1. The van der Waals surface area contributed by atoms with Gasteiger partial charge in [0.05, 0.1) is 18.3 Å². The molecule has 8 heteroatoms. The molecular weight excluding hydrogens is 515 g/mol. The number of pyridine rings is 1. The van der Waals surface area contributed by atoms with Gasteiger partial charge in [-0.05, 0) is 38.1 Å². The number of benzene rings is 1. The van der Waals surface area contributed by atoms with Crippen LogP contribution in [0.1, 0.15) is 32.4 Å². The van der Waals surface area contributed by atoms with Crippen LogP contribution in [0.3, 0.4) is 0 Å². The van der Waals surface area contributed by atoms with Crippen molar-refractivity contribution in [2.45, 2.75) is 39.3 Å². The van der Waals surface area contributed by atoms with E-state index in [1.807, 2.05) is 29.3 Å². The number of piperazine rings is 1. The van der Waals surface area contributed by atoms with Gasteiger partial charge in [-0.3, -0.25) is 14.7 Å². The molecule has 0 saturated carbocycles. The fourth-order valence-electron chi connectivity index (χ4n) is 4.56. The topological polar surface area (TPSA) is 64.1 Å². The number of halogens is 1. The lowest BCUT2D eigenvalue weighted by Crippen LogP contribution is -2.57. The summed E-state index contributed by atoms with van der Waals surface area (Å²) < 4.78 is 0. The Morgan fingerprint density at radius 2 is 1.78 bits per heavy atom. The quantitative estimate of drug-likeness (QED) is 0.353. The second-order valence-corrected chi connectivity index (χ2v) is 8.38. The maximum Gasteiger partial charge on any atom is 0.239 e. The number of likely N-dealkylation sites (tertiary alicyclic amines) is 1. The fraction of sp³-hybridized carbons (Fsp3) is 0.542. The van der Waals surface area contributed by atoms with E-state index in [1.54, 1.807) is 0 Å². The first kappa shape index (κ1) is 24.7. The highest BCUT2D eigenvalue weighted by atomic mass is 127. The molecule has 1 N–H and O–H groups in total. The van der Waals surface area contributed by atoms with Gasteiger partial charge in [-0.2, -0.15) is 0 Å². The summed E-state index contributed by atoms with van der Waals surface area (Å²) >= 11 is 0. The van der Waals surface area contributed by atoms with E-state index in [1.165, 1.54) is 5.39 Å². The van der Waals surface area contributed by atoms with E-state index in [0.717, 1.165) is 75.7 Å². The monoisotopic (exact) mass is 550 g/mol. The minimum atomic E-state index is -0.0420. The first-order valence-electron chi connectivity index (χ1n) is 11.6. The first-order chi connectivity index (χ1) is 15.2. The van der Waals surface area contributed by atoms with Crippen molar-refractivity contribution >= 4 is 46.6 Å². The van der Waals surface area contributed by atoms with Gasteiger partial charge in [0.25, 0.3) is 0 Å². The number of fused-ring (bicyclic) bond motifs is 1. The average molecular weight is 550 g/mol. The molecule has 1 atom stereocenters. The molecule has 2 saturated heterocycles. The summed E-state index contributed by atoms with van der Waals surface area (Å²) in [6, 6.07) is 10.3. The lowest BCUT2D eigenvalue weighted by molar-refractivity contribution is -0.135.